The summed E-state index contributed by atoms with van der Waals surface area (Å²) in [6, 6.07) is 3.86. The first-order valence-corrected chi connectivity index (χ1v) is 10.3. The molecular weight excluding hydrogens is 408 g/mol. The Morgan fingerprint density at radius 2 is 1.80 bits per heavy atom. The third kappa shape index (κ3) is 3.52. The number of halogens is 1. The number of nitrogens with zero attached hydrogens (tertiary/aromatic N) is 4. The monoisotopic (exact) mass is 430 g/mol. The van der Waals surface area contributed by atoms with Crippen LogP contribution >= 0.6 is 11.6 Å². The molecule has 30 heavy (non-hydrogen) atoms. The van der Waals surface area contributed by atoms with Crippen LogP contribution in [-0.4, -0.2) is 31.9 Å². The summed E-state index contributed by atoms with van der Waals surface area (Å²) in [4.78, 5) is 25.4. The number of hydrogen-bond acceptors (Lipinski definition) is 5. The second kappa shape index (κ2) is 8.02. The molecule has 0 unspecified atom stereocenters. The van der Waals surface area contributed by atoms with Gasteiger partial charge < -0.3 is 9.47 Å². The van der Waals surface area contributed by atoms with Crippen LogP contribution in [0.25, 0.3) is 16.8 Å². The molecule has 0 spiro atoms. The van der Waals surface area contributed by atoms with Crippen molar-refractivity contribution >= 4 is 17.8 Å². The number of carbonyl (C=O) groups is 1. The van der Waals surface area contributed by atoms with Crippen molar-refractivity contribution in [2.45, 2.75) is 46.7 Å². The Balaban J connectivity index is 1.88. The molecule has 0 aliphatic carbocycles. The van der Waals surface area contributed by atoms with Gasteiger partial charge in [0.25, 0.3) is 5.56 Å². The van der Waals surface area contributed by atoms with Crippen LogP contribution in [0.4, 0.5) is 4.79 Å². The van der Waals surface area contributed by atoms with Gasteiger partial charge in [-0.05, 0) is 62.4 Å². The smallest absolute Gasteiger partial charge is 0.434 e. The van der Waals surface area contributed by atoms with Crippen LogP contribution < -0.4 is 10.3 Å². The highest BCUT2D eigenvalue weighted by molar-refractivity contribution is 6.30. The largest absolute Gasteiger partial charge is 0.515 e. The number of fused-ring (bicyclic) bond motifs is 1. The molecule has 2 aromatic heterocycles. The van der Waals surface area contributed by atoms with Crippen molar-refractivity contribution in [3.8, 4) is 22.7 Å². The minimum Gasteiger partial charge on any atom is -0.434 e. The predicted molar refractivity (Wildman–Crippen MR) is 113 cm³/mol. The van der Waals surface area contributed by atoms with Gasteiger partial charge in [-0.1, -0.05) is 11.6 Å². The van der Waals surface area contributed by atoms with Crippen LogP contribution in [0.15, 0.2) is 29.3 Å². The van der Waals surface area contributed by atoms with Gasteiger partial charge in [0.2, 0.25) is 5.88 Å². The highest BCUT2D eigenvalue weighted by Crippen LogP contribution is 2.35. The Kier molecular flexibility index (Phi) is 5.42. The molecule has 8 nitrogen and oxygen atoms in total. The number of aryl methyl sites for hydroxylation is 2. The summed E-state index contributed by atoms with van der Waals surface area (Å²) >= 11 is 6.00. The number of hydrogen-bond donors (Lipinski definition) is 0. The fourth-order valence-electron chi connectivity index (χ4n) is 3.99. The summed E-state index contributed by atoms with van der Waals surface area (Å²) in [5.74, 6) is 0.235. The highest BCUT2D eigenvalue weighted by Gasteiger charge is 2.28. The van der Waals surface area contributed by atoms with Crippen LogP contribution in [0.1, 0.15) is 30.9 Å². The van der Waals surface area contributed by atoms with Gasteiger partial charge in [-0.25, -0.2) is 14.2 Å². The van der Waals surface area contributed by atoms with Crippen molar-refractivity contribution in [3.63, 3.8) is 0 Å². The SMILES string of the molecule is CCOC(=O)Oc1c(-c2c(C)cc(-n3cc(Cl)cn3)cc2C)c(=O)n2n1CCCC2. The van der Waals surface area contributed by atoms with Gasteiger partial charge >= 0.3 is 6.16 Å². The van der Waals surface area contributed by atoms with Crippen molar-refractivity contribution < 1.29 is 14.3 Å². The fourth-order valence-corrected chi connectivity index (χ4v) is 4.13. The van der Waals surface area contributed by atoms with Crippen LogP contribution in [0, 0.1) is 13.8 Å². The van der Waals surface area contributed by atoms with Gasteiger partial charge in [0.15, 0.2) is 0 Å². The minimum absolute atomic E-state index is 0.171. The van der Waals surface area contributed by atoms with Crippen molar-refractivity contribution in [3.05, 3.63) is 51.0 Å². The van der Waals surface area contributed by atoms with E-state index in [1.54, 1.807) is 33.4 Å². The number of ether oxygens (including phenoxy) is 2. The maximum Gasteiger partial charge on any atom is 0.515 e. The maximum absolute atomic E-state index is 13.3. The summed E-state index contributed by atoms with van der Waals surface area (Å²) in [6.07, 6.45) is 4.28. The van der Waals surface area contributed by atoms with Crippen molar-refractivity contribution in [2.75, 3.05) is 6.61 Å². The van der Waals surface area contributed by atoms with E-state index in [1.807, 2.05) is 26.0 Å². The van der Waals surface area contributed by atoms with Crippen LogP contribution in [-0.2, 0) is 17.8 Å². The van der Waals surface area contributed by atoms with Crippen LogP contribution in [0.2, 0.25) is 5.02 Å². The van der Waals surface area contributed by atoms with Crippen LogP contribution in [0.5, 0.6) is 5.88 Å². The van der Waals surface area contributed by atoms with Gasteiger partial charge in [0.1, 0.15) is 5.56 Å². The molecule has 0 fully saturated rings. The molecule has 0 saturated carbocycles. The molecule has 4 rings (SSSR count). The summed E-state index contributed by atoms with van der Waals surface area (Å²) < 4.78 is 15.6. The minimum atomic E-state index is -0.816. The molecule has 0 N–H and O–H groups in total. The molecule has 1 aromatic carbocycles. The Morgan fingerprint density at radius 1 is 1.13 bits per heavy atom. The van der Waals surface area contributed by atoms with Gasteiger partial charge in [-0.3, -0.25) is 9.48 Å². The van der Waals surface area contributed by atoms with E-state index in [0.717, 1.165) is 35.2 Å². The van der Waals surface area contributed by atoms with Crippen molar-refractivity contribution in [1.82, 2.24) is 19.1 Å². The average molecular weight is 431 g/mol. The normalized spacial score (nSPS) is 13.2. The molecule has 3 heterocycles. The molecule has 9 heteroatoms. The van der Waals surface area contributed by atoms with E-state index in [4.69, 9.17) is 21.1 Å². The number of carbonyl (C=O) groups excluding carboxylic acids is 1. The Labute approximate surface area is 178 Å². The third-order valence-electron chi connectivity index (χ3n) is 5.20. The predicted octanol–water partition coefficient (Wildman–Crippen LogP) is 4.10. The zero-order chi connectivity index (χ0) is 21.4. The van der Waals surface area contributed by atoms with E-state index in [-0.39, 0.29) is 18.0 Å². The highest BCUT2D eigenvalue weighted by atomic mass is 35.5. The lowest BCUT2D eigenvalue weighted by molar-refractivity contribution is 0.0990. The summed E-state index contributed by atoms with van der Waals surface area (Å²) in [5, 5.41) is 4.79. The molecule has 1 aliphatic rings. The Bertz CT molecular complexity index is 1150. The number of benzene rings is 1. The number of aromatic nitrogens is 4. The van der Waals surface area contributed by atoms with Gasteiger partial charge in [-0.15, -0.1) is 0 Å². The fraction of sp³-hybridized carbons (Fsp3) is 0.381. The molecular formula is C21H23ClN4O4. The maximum atomic E-state index is 13.3. The van der Waals surface area contributed by atoms with E-state index in [9.17, 15) is 9.59 Å². The molecule has 0 radical (unpaired) electrons. The van der Waals surface area contributed by atoms with E-state index in [0.29, 0.717) is 23.7 Å². The van der Waals surface area contributed by atoms with Crippen molar-refractivity contribution in [2.24, 2.45) is 0 Å². The number of rotatable bonds is 4. The quantitative estimate of drug-likeness (QED) is 0.582. The second-order valence-electron chi connectivity index (χ2n) is 7.28. The van der Waals surface area contributed by atoms with Gasteiger partial charge in [0, 0.05) is 19.3 Å². The first-order chi connectivity index (χ1) is 14.4. The van der Waals surface area contributed by atoms with E-state index in [2.05, 4.69) is 5.10 Å². The van der Waals surface area contributed by atoms with Crippen molar-refractivity contribution in [1.29, 1.82) is 0 Å². The van der Waals surface area contributed by atoms with Gasteiger partial charge in [-0.2, -0.15) is 5.10 Å². The zero-order valence-corrected chi connectivity index (χ0v) is 17.9. The molecule has 0 saturated heterocycles. The Hall–Kier alpha value is -3.00. The molecule has 1 aliphatic heterocycles. The molecule has 158 valence electrons. The zero-order valence-electron chi connectivity index (χ0n) is 17.1. The molecule has 0 amide bonds. The van der Waals surface area contributed by atoms with Crippen LogP contribution in [0.3, 0.4) is 0 Å². The standard InChI is InChI=1S/C21H23ClN4O4/c1-4-29-21(28)30-20-18(19(27)25-7-5-6-8-26(20)25)17-13(2)9-16(10-14(17)3)24-12-15(22)11-23-24/h9-12H,4-8H2,1-3H3. The van der Waals surface area contributed by atoms with E-state index >= 15 is 0 Å². The lowest BCUT2D eigenvalue weighted by Gasteiger charge is -2.18. The first-order valence-electron chi connectivity index (χ1n) is 9.91. The van der Waals surface area contributed by atoms with Gasteiger partial charge in [0.05, 0.1) is 23.5 Å². The van der Waals surface area contributed by atoms with E-state index in [1.165, 1.54) is 0 Å². The second-order valence-corrected chi connectivity index (χ2v) is 7.72. The summed E-state index contributed by atoms with van der Waals surface area (Å²) in [5.41, 5.74) is 3.52. The molecule has 0 atom stereocenters. The lowest BCUT2D eigenvalue weighted by atomic mass is 9.96. The average Bonchev–Trinajstić information content (AvgIpc) is 3.25. The topological polar surface area (TPSA) is 80.3 Å². The summed E-state index contributed by atoms with van der Waals surface area (Å²) in [7, 11) is 0. The lowest BCUT2D eigenvalue weighted by Crippen LogP contribution is -2.27. The molecule has 3 aromatic rings. The van der Waals surface area contributed by atoms with E-state index < -0.39 is 6.16 Å². The molecule has 0 bridgehead atoms. The first kappa shape index (κ1) is 20.3. The third-order valence-corrected chi connectivity index (χ3v) is 5.40. The summed E-state index contributed by atoms with van der Waals surface area (Å²) in [6.45, 7) is 6.93. The Morgan fingerprint density at radius 3 is 2.40 bits per heavy atom.